The van der Waals surface area contributed by atoms with E-state index in [0.29, 0.717) is 0 Å². The van der Waals surface area contributed by atoms with Gasteiger partial charge in [-0.25, -0.2) is 9.97 Å². The SMILES string of the molecule is c1ccc(-c2c3ccccc3nc3c4c(ccc23)C2(c3ccccc3-c3ccccc32)c2cc3ccc5ccccc5c3nc2-4)cc1. The summed E-state index contributed by atoms with van der Waals surface area (Å²) in [4.78, 5) is 11.2. The number of nitrogens with zero attached hydrogens (tertiary/aromatic N) is 2. The Morgan fingerprint density at radius 3 is 1.85 bits per heavy atom. The van der Waals surface area contributed by atoms with E-state index in [4.69, 9.17) is 9.97 Å². The van der Waals surface area contributed by atoms with Gasteiger partial charge in [-0.1, -0.05) is 146 Å². The first-order valence-corrected chi connectivity index (χ1v) is 16.3. The number of benzene rings is 7. The van der Waals surface area contributed by atoms with E-state index < -0.39 is 5.41 Å². The Balaban J connectivity index is 1.38. The molecule has 2 aliphatic carbocycles. The molecular weight excluding hydrogens is 569 g/mol. The molecule has 11 rings (SSSR count). The van der Waals surface area contributed by atoms with E-state index in [0.717, 1.165) is 44.0 Å². The fourth-order valence-corrected chi connectivity index (χ4v) is 8.77. The molecule has 1 spiro atoms. The number of hydrogen-bond acceptors (Lipinski definition) is 2. The number of hydrogen-bond donors (Lipinski definition) is 0. The van der Waals surface area contributed by atoms with Crippen LogP contribution in [0, 0.1) is 0 Å². The lowest BCUT2D eigenvalue weighted by atomic mass is 9.70. The number of fused-ring (bicyclic) bond motifs is 16. The molecule has 2 heteroatoms. The van der Waals surface area contributed by atoms with Crippen LogP contribution in [0.15, 0.2) is 158 Å². The van der Waals surface area contributed by atoms with Gasteiger partial charge in [-0.3, -0.25) is 0 Å². The topological polar surface area (TPSA) is 25.8 Å². The molecule has 47 heavy (non-hydrogen) atoms. The van der Waals surface area contributed by atoms with Gasteiger partial charge in [0.2, 0.25) is 0 Å². The van der Waals surface area contributed by atoms with Gasteiger partial charge in [-0.2, -0.15) is 0 Å². The maximum atomic E-state index is 5.68. The second-order valence-electron chi connectivity index (χ2n) is 12.8. The predicted molar refractivity (Wildman–Crippen MR) is 194 cm³/mol. The Morgan fingerprint density at radius 1 is 0.383 bits per heavy atom. The highest BCUT2D eigenvalue weighted by Crippen LogP contribution is 2.64. The van der Waals surface area contributed by atoms with Crippen molar-refractivity contribution in [2.45, 2.75) is 5.41 Å². The van der Waals surface area contributed by atoms with Crippen LogP contribution in [0.4, 0.5) is 0 Å². The van der Waals surface area contributed by atoms with Crippen molar-refractivity contribution in [3.05, 3.63) is 180 Å². The number of pyridine rings is 2. The molecule has 0 saturated carbocycles. The molecule has 2 heterocycles. The van der Waals surface area contributed by atoms with Crippen LogP contribution >= 0.6 is 0 Å². The van der Waals surface area contributed by atoms with Gasteiger partial charge in [0.25, 0.3) is 0 Å². The van der Waals surface area contributed by atoms with Crippen LogP contribution in [0.25, 0.3) is 77.0 Å². The van der Waals surface area contributed by atoms with Crippen molar-refractivity contribution in [1.29, 1.82) is 0 Å². The zero-order chi connectivity index (χ0) is 30.7. The molecule has 9 aromatic rings. The van der Waals surface area contributed by atoms with Crippen molar-refractivity contribution >= 4 is 43.5 Å². The normalized spacial score (nSPS) is 13.7. The minimum Gasteiger partial charge on any atom is -0.247 e. The quantitative estimate of drug-likeness (QED) is 0.140. The van der Waals surface area contributed by atoms with E-state index in [9.17, 15) is 0 Å². The maximum absolute atomic E-state index is 5.68. The maximum Gasteiger partial charge on any atom is 0.0813 e. The summed E-state index contributed by atoms with van der Waals surface area (Å²) in [6, 6.07) is 57.4. The van der Waals surface area contributed by atoms with Gasteiger partial charge in [0.05, 0.1) is 27.7 Å². The Hall–Kier alpha value is -6.12. The molecule has 2 aromatic heterocycles. The lowest BCUT2D eigenvalue weighted by Crippen LogP contribution is -2.26. The molecule has 0 unspecified atom stereocenters. The summed E-state index contributed by atoms with van der Waals surface area (Å²) in [5.41, 5.74) is 14.8. The summed E-state index contributed by atoms with van der Waals surface area (Å²) in [5, 5.41) is 5.84. The fraction of sp³-hybridized carbons (Fsp3) is 0.0222. The van der Waals surface area contributed by atoms with Crippen LogP contribution in [-0.4, -0.2) is 9.97 Å². The highest BCUT2D eigenvalue weighted by atomic mass is 14.8. The van der Waals surface area contributed by atoms with E-state index in [2.05, 4.69) is 158 Å². The van der Waals surface area contributed by atoms with Gasteiger partial charge >= 0.3 is 0 Å². The molecule has 0 saturated heterocycles. The third-order valence-corrected chi connectivity index (χ3v) is 10.6. The van der Waals surface area contributed by atoms with E-state index in [1.54, 1.807) is 0 Å². The number of aromatic nitrogens is 2. The van der Waals surface area contributed by atoms with Gasteiger partial charge in [-0.15, -0.1) is 0 Å². The fourth-order valence-electron chi connectivity index (χ4n) is 8.77. The molecule has 0 fully saturated rings. The first kappa shape index (κ1) is 25.1. The molecular formula is C45H26N2. The molecule has 2 aliphatic rings. The van der Waals surface area contributed by atoms with Crippen molar-refractivity contribution in [2.24, 2.45) is 0 Å². The standard InChI is InChI=1S/C45H26N2/c1-2-13-28(14-3-1)40-33-18-8-11-21-39(33)46-43-34(40)24-25-37-41(43)44-38(26-29-23-22-27-12-4-5-15-30(27)42(29)47-44)45(37)35-19-9-6-16-31(35)32-17-7-10-20-36(32)45/h1-26H. The van der Waals surface area contributed by atoms with Crippen molar-refractivity contribution in [3.8, 4) is 33.5 Å². The monoisotopic (exact) mass is 594 g/mol. The molecule has 216 valence electrons. The molecule has 0 atom stereocenters. The van der Waals surface area contributed by atoms with Gasteiger partial charge in [0.15, 0.2) is 0 Å². The van der Waals surface area contributed by atoms with Gasteiger partial charge in [0, 0.05) is 32.7 Å². The summed E-state index contributed by atoms with van der Waals surface area (Å²) in [6.07, 6.45) is 0. The van der Waals surface area contributed by atoms with Crippen LogP contribution in [0.1, 0.15) is 22.3 Å². The van der Waals surface area contributed by atoms with E-state index in [1.807, 2.05) is 0 Å². The smallest absolute Gasteiger partial charge is 0.0813 e. The predicted octanol–water partition coefficient (Wildman–Crippen LogP) is 11.1. The molecule has 7 aromatic carbocycles. The third kappa shape index (κ3) is 3.10. The summed E-state index contributed by atoms with van der Waals surface area (Å²) < 4.78 is 0. The second kappa shape index (κ2) is 8.99. The minimum atomic E-state index is -0.501. The summed E-state index contributed by atoms with van der Waals surface area (Å²) in [6.45, 7) is 0. The molecule has 0 bridgehead atoms. The van der Waals surface area contributed by atoms with Gasteiger partial charge < -0.3 is 0 Å². The average molecular weight is 595 g/mol. The zero-order valence-electron chi connectivity index (χ0n) is 25.4. The minimum absolute atomic E-state index is 0.501. The van der Waals surface area contributed by atoms with E-state index in [-0.39, 0.29) is 0 Å². The molecule has 0 amide bonds. The third-order valence-electron chi connectivity index (χ3n) is 10.6. The molecule has 0 radical (unpaired) electrons. The first-order valence-electron chi connectivity index (χ1n) is 16.3. The molecule has 0 N–H and O–H groups in total. The van der Waals surface area contributed by atoms with Crippen molar-refractivity contribution in [2.75, 3.05) is 0 Å². The van der Waals surface area contributed by atoms with E-state index >= 15 is 0 Å². The van der Waals surface area contributed by atoms with Gasteiger partial charge in [-0.05, 0) is 56.5 Å². The van der Waals surface area contributed by atoms with Gasteiger partial charge in [0.1, 0.15) is 0 Å². The highest BCUT2D eigenvalue weighted by molar-refractivity contribution is 6.16. The van der Waals surface area contributed by atoms with Crippen molar-refractivity contribution in [3.63, 3.8) is 0 Å². The van der Waals surface area contributed by atoms with Crippen LogP contribution in [-0.2, 0) is 5.41 Å². The Kier molecular flexibility index (Phi) is 4.80. The largest absolute Gasteiger partial charge is 0.247 e. The average Bonchev–Trinajstić information content (AvgIpc) is 3.60. The van der Waals surface area contributed by atoms with Crippen LogP contribution in [0.5, 0.6) is 0 Å². The van der Waals surface area contributed by atoms with Crippen molar-refractivity contribution in [1.82, 2.24) is 9.97 Å². The first-order chi connectivity index (χ1) is 23.3. The number of para-hydroxylation sites is 1. The van der Waals surface area contributed by atoms with Crippen LogP contribution in [0.3, 0.4) is 0 Å². The second-order valence-corrected chi connectivity index (χ2v) is 12.8. The lowest BCUT2D eigenvalue weighted by Gasteiger charge is -2.30. The Labute approximate surface area is 271 Å². The Morgan fingerprint density at radius 2 is 1.04 bits per heavy atom. The molecule has 2 nitrogen and oxygen atoms in total. The lowest BCUT2D eigenvalue weighted by molar-refractivity contribution is 0.794. The van der Waals surface area contributed by atoms with Crippen LogP contribution < -0.4 is 0 Å². The van der Waals surface area contributed by atoms with E-state index in [1.165, 1.54) is 55.3 Å². The molecule has 0 aliphatic heterocycles. The summed E-state index contributed by atoms with van der Waals surface area (Å²) in [5.74, 6) is 0. The van der Waals surface area contributed by atoms with Crippen LogP contribution in [0.2, 0.25) is 0 Å². The summed E-state index contributed by atoms with van der Waals surface area (Å²) >= 11 is 0. The number of rotatable bonds is 1. The summed E-state index contributed by atoms with van der Waals surface area (Å²) in [7, 11) is 0. The highest BCUT2D eigenvalue weighted by Gasteiger charge is 2.53. The Bertz CT molecular complexity index is 2750. The van der Waals surface area contributed by atoms with Crippen molar-refractivity contribution < 1.29 is 0 Å². The zero-order valence-corrected chi connectivity index (χ0v) is 25.4.